The Labute approximate surface area is 193 Å². The summed E-state index contributed by atoms with van der Waals surface area (Å²) in [7, 11) is 0. The number of nitrogens with zero attached hydrogens (tertiary/aromatic N) is 3. The van der Waals surface area contributed by atoms with Gasteiger partial charge in [-0.3, -0.25) is 9.69 Å². The van der Waals surface area contributed by atoms with Gasteiger partial charge in [0, 0.05) is 62.3 Å². The normalized spacial score (nSPS) is 14.0. The van der Waals surface area contributed by atoms with E-state index < -0.39 is 0 Å². The lowest BCUT2D eigenvalue weighted by Gasteiger charge is -2.27. The lowest BCUT2D eigenvalue weighted by molar-refractivity contribution is 0.0944. The minimum atomic E-state index is -0.00626. The molecular formula is C21H27Cl2N5OS. The van der Waals surface area contributed by atoms with Crippen molar-refractivity contribution in [1.82, 2.24) is 24.9 Å². The molecule has 9 heteroatoms. The molecule has 0 bridgehead atoms. The SMILES string of the molecule is Cl.Cl.O=C(NCCN1CCNCC1)c1ccccc1SCc1cn2ccccc2n1. The zero-order valence-corrected chi connectivity index (χ0v) is 19.1. The number of imidazole rings is 1. The first kappa shape index (κ1) is 24.5. The Balaban J connectivity index is 0.00000160. The molecule has 0 saturated carbocycles. The third-order valence-corrected chi connectivity index (χ3v) is 5.95. The fraction of sp³-hybridized carbons (Fsp3) is 0.333. The Kier molecular flexibility index (Phi) is 9.94. The van der Waals surface area contributed by atoms with Gasteiger partial charge in [0.1, 0.15) is 5.65 Å². The number of amides is 1. The van der Waals surface area contributed by atoms with Crippen LogP contribution >= 0.6 is 36.6 Å². The van der Waals surface area contributed by atoms with Gasteiger partial charge in [0.2, 0.25) is 0 Å². The molecule has 0 radical (unpaired) electrons. The molecule has 6 nitrogen and oxygen atoms in total. The topological polar surface area (TPSA) is 61.7 Å². The molecule has 1 saturated heterocycles. The molecule has 30 heavy (non-hydrogen) atoms. The van der Waals surface area contributed by atoms with Crippen molar-refractivity contribution in [3.05, 3.63) is 66.1 Å². The van der Waals surface area contributed by atoms with Crippen molar-refractivity contribution >= 4 is 48.1 Å². The predicted molar refractivity (Wildman–Crippen MR) is 127 cm³/mol. The molecule has 1 aliphatic heterocycles. The fourth-order valence-corrected chi connectivity index (χ4v) is 4.28. The molecule has 1 fully saturated rings. The van der Waals surface area contributed by atoms with Gasteiger partial charge in [-0.25, -0.2) is 4.98 Å². The third kappa shape index (κ3) is 6.36. The second-order valence-corrected chi connectivity index (χ2v) is 7.85. The Hall–Kier alpha value is -1.77. The number of halogens is 2. The molecule has 0 atom stereocenters. The number of aromatic nitrogens is 2. The van der Waals surface area contributed by atoms with E-state index in [0.29, 0.717) is 6.54 Å². The Morgan fingerprint density at radius 1 is 1.10 bits per heavy atom. The number of carbonyl (C=O) groups is 1. The van der Waals surface area contributed by atoms with E-state index in [1.165, 1.54) is 0 Å². The summed E-state index contributed by atoms with van der Waals surface area (Å²) in [5.41, 5.74) is 2.68. The molecular weight excluding hydrogens is 441 g/mol. The van der Waals surface area contributed by atoms with E-state index in [4.69, 9.17) is 0 Å². The van der Waals surface area contributed by atoms with Crippen LogP contribution in [0.5, 0.6) is 0 Å². The first-order valence-electron chi connectivity index (χ1n) is 9.65. The average molecular weight is 468 g/mol. The zero-order valence-electron chi connectivity index (χ0n) is 16.6. The van der Waals surface area contributed by atoms with Crippen molar-refractivity contribution in [2.75, 3.05) is 39.3 Å². The molecule has 1 amide bonds. The van der Waals surface area contributed by atoms with E-state index in [2.05, 4.69) is 20.5 Å². The number of fused-ring (bicyclic) bond motifs is 1. The van der Waals surface area contributed by atoms with E-state index in [-0.39, 0.29) is 30.7 Å². The summed E-state index contributed by atoms with van der Waals surface area (Å²) in [6.45, 7) is 5.70. The molecule has 162 valence electrons. The maximum Gasteiger partial charge on any atom is 0.252 e. The van der Waals surface area contributed by atoms with E-state index in [0.717, 1.165) is 60.3 Å². The first-order chi connectivity index (χ1) is 13.8. The summed E-state index contributed by atoms with van der Waals surface area (Å²) in [6, 6.07) is 13.8. The van der Waals surface area contributed by atoms with Gasteiger partial charge in [-0.15, -0.1) is 36.6 Å². The van der Waals surface area contributed by atoms with E-state index in [9.17, 15) is 4.79 Å². The van der Waals surface area contributed by atoms with Crippen LogP contribution in [-0.4, -0.2) is 59.5 Å². The van der Waals surface area contributed by atoms with Gasteiger partial charge < -0.3 is 15.0 Å². The van der Waals surface area contributed by atoms with Gasteiger partial charge in [-0.1, -0.05) is 18.2 Å². The smallest absolute Gasteiger partial charge is 0.252 e. The van der Waals surface area contributed by atoms with Crippen molar-refractivity contribution < 1.29 is 4.79 Å². The van der Waals surface area contributed by atoms with Crippen LogP contribution in [0.15, 0.2) is 59.8 Å². The van der Waals surface area contributed by atoms with Crippen LogP contribution in [-0.2, 0) is 5.75 Å². The van der Waals surface area contributed by atoms with Crippen molar-refractivity contribution in [1.29, 1.82) is 0 Å². The van der Waals surface area contributed by atoms with Gasteiger partial charge in [-0.2, -0.15) is 0 Å². The molecule has 3 aromatic rings. The molecule has 4 rings (SSSR count). The van der Waals surface area contributed by atoms with Crippen LogP contribution in [0, 0.1) is 0 Å². The number of nitrogens with one attached hydrogen (secondary N) is 2. The summed E-state index contributed by atoms with van der Waals surface area (Å²) in [5.74, 6) is 0.723. The Bertz CT molecular complexity index is 913. The second-order valence-electron chi connectivity index (χ2n) is 6.83. The van der Waals surface area contributed by atoms with Crippen molar-refractivity contribution in [2.45, 2.75) is 10.6 Å². The van der Waals surface area contributed by atoms with Crippen LogP contribution in [0.1, 0.15) is 16.1 Å². The van der Waals surface area contributed by atoms with E-state index in [1.807, 2.05) is 59.3 Å². The molecule has 0 unspecified atom stereocenters. The number of pyridine rings is 1. The number of carbonyl (C=O) groups excluding carboxylic acids is 1. The average Bonchev–Trinajstić information content (AvgIpc) is 3.16. The zero-order chi connectivity index (χ0) is 19.2. The standard InChI is InChI=1S/C21H25N5OS.2ClH/c27-21(23-10-14-25-12-8-22-9-13-25)18-5-1-2-6-19(18)28-16-17-15-26-11-4-3-7-20(26)24-17;;/h1-7,11,15,22H,8-10,12-14,16H2,(H,23,27);2*1H. The molecule has 1 aromatic carbocycles. The molecule has 0 aliphatic carbocycles. The maximum atomic E-state index is 12.7. The number of thioether (sulfide) groups is 1. The largest absolute Gasteiger partial charge is 0.351 e. The summed E-state index contributed by atoms with van der Waals surface area (Å²) in [5, 5.41) is 6.42. The maximum absolute atomic E-state index is 12.7. The quantitative estimate of drug-likeness (QED) is 0.522. The summed E-state index contributed by atoms with van der Waals surface area (Å²) < 4.78 is 2.02. The highest BCUT2D eigenvalue weighted by Crippen LogP contribution is 2.26. The minimum Gasteiger partial charge on any atom is -0.351 e. The number of hydrogen-bond acceptors (Lipinski definition) is 5. The lowest BCUT2D eigenvalue weighted by Crippen LogP contribution is -2.46. The highest BCUT2D eigenvalue weighted by atomic mass is 35.5. The minimum absolute atomic E-state index is 0. The summed E-state index contributed by atoms with van der Waals surface area (Å²) >= 11 is 1.65. The van der Waals surface area contributed by atoms with E-state index in [1.54, 1.807) is 11.8 Å². The Morgan fingerprint density at radius 3 is 2.67 bits per heavy atom. The first-order valence-corrected chi connectivity index (χ1v) is 10.6. The van der Waals surface area contributed by atoms with Gasteiger partial charge in [0.15, 0.2) is 0 Å². The van der Waals surface area contributed by atoms with Crippen molar-refractivity contribution in [2.24, 2.45) is 0 Å². The lowest BCUT2D eigenvalue weighted by atomic mass is 10.2. The van der Waals surface area contributed by atoms with Crippen LogP contribution in [0.2, 0.25) is 0 Å². The fourth-order valence-electron chi connectivity index (χ4n) is 3.35. The molecule has 2 aromatic heterocycles. The van der Waals surface area contributed by atoms with Crippen LogP contribution in [0.3, 0.4) is 0 Å². The number of piperazine rings is 1. The Morgan fingerprint density at radius 2 is 1.87 bits per heavy atom. The van der Waals surface area contributed by atoms with E-state index >= 15 is 0 Å². The van der Waals surface area contributed by atoms with Crippen LogP contribution in [0.25, 0.3) is 5.65 Å². The van der Waals surface area contributed by atoms with Gasteiger partial charge in [-0.05, 0) is 24.3 Å². The highest BCUT2D eigenvalue weighted by Gasteiger charge is 2.13. The summed E-state index contributed by atoms with van der Waals surface area (Å²) in [4.78, 5) is 20.7. The number of benzene rings is 1. The van der Waals surface area contributed by atoms with Gasteiger partial charge in [0.25, 0.3) is 5.91 Å². The van der Waals surface area contributed by atoms with Crippen molar-refractivity contribution in [3.8, 4) is 0 Å². The molecule has 3 heterocycles. The monoisotopic (exact) mass is 467 g/mol. The number of rotatable bonds is 7. The molecule has 1 aliphatic rings. The number of hydrogen-bond donors (Lipinski definition) is 2. The third-order valence-electron chi connectivity index (χ3n) is 4.84. The van der Waals surface area contributed by atoms with Crippen LogP contribution < -0.4 is 10.6 Å². The molecule has 0 spiro atoms. The van der Waals surface area contributed by atoms with Crippen molar-refractivity contribution in [3.63, 3.8) is 0 Å². The molecule has 2 N–H and O–H groups in total. The van der Waals surface area contributed by atoms with Crippen LogP contribution in [0.4, 0.5) is 0 Å². The van der Waals surface area contributed by atoms with Gasteiger partial charge >= 0.3 is 0 Å². The highest BCUT2D eigenvalue weighted by molar-refractivity contribution is 7.98. The van der Waals surface area contributed by atoms with Gasteiger partial charge in [0.05, 0.1) is 11.3 Å². The summed E-state index contributed by atoms with van der Waals surface area (Å²) in [6.07, 6.45) is 4.04. The second kappa shape index (κ2) is 12.2. The predicted octanol–water partition coefficient (Wildman–Crippen LogP) is 3.11.